The Morgan fingerprint density at radius 1 is 1.19 bits per heavy atom. The van der Waals surface area contributed by atoms with Gasteiger partial charge in [-0.25, -0.2) is 0 Å². The summed E-state index contributed by atoms with van der Waals surface area (Å²) in [5.74, 6) is 1.41. The molecule has 2 N–H and O–H groups in total. The Morgan fingerprint density at radius 2 is 1.81 bits per heavy atom. The lowest BCUT2D eigenvalue weighted by Gasteiger charge is -2.27. The van der Waals surface area contributed by atoms with Crippen molar-refractivity contribution in [1.82, 2.24) is 10.1 Å². The van der Waals surface area contributed by atoms with Crippen LogP contribution in [0.15, 0.2) is 4.52 Å². The lowest BCUT2D eigenvalue weighted by molar-refractivity contribution is 0.291. The van der Waals surface area contributed by atoms with E-state index in [-0.39, 0.29) is 5.54 Å². The minimum atomic E-state index is -0.350. The number of nitrogens with zero attached hydrogens (tertiary/aromatic N) is 2. The van der Waals surface area contributed by atoms with Gasteiger partial charge in [-0.05, 0) is 12.8 Å². The third-order valence-corrected chi connectivity index (χ3v) is 3.46. The van der Waals surface area contributed by atoms with Crippen LogP contribution >= 0.6 is 0 Å². The predicted molar refractivity (Wildman–Crippen MR) is 61.9 cm³/mol. The van der Waals surface area contributed by atoms with Crippen LogP contribution < -0.4 is 5.73 Å². The van der Waals surface area contributed by atoms with Crippen molar-refractivity contribution in [1.29, 1.82) is 0 Å². The first-order chi connectivity index (χ1) is 7.74. The van der Waals surface area contributed by atoms with E-state index in [1.165, 1.54) is 32.1 Å². The zero-order valence-corrected chi connectivity index (χ0v) is 10.0. The number of aromatic nitrogens is 2. The number of nitrogens with two attached hydrogens (primary N) is 1. The van der Waals surface area contributed by atoms with E-state index in [9.17, 15) is 0 Å². The lowest BCUT2D eigenvalue weighted by Crippen LogP contribution is -2.38. The van der Waals surface area contributed by atoms with E-state index >= 15 is 0 Å². The molecule has 1 fully saturated rings. The van der Waals surface area contributed by atoms with Crippen LogP contribution in [0.5, 0.6) is 0 Å². The first-order valence-corrected chi connectivity index (χ1v) is 6.36. The van der Waals surface area contributed by atoms with Crippen LogP contribution in [0.2, 0.25) is 0 Å². The lowest BCUT2D eigenvalue weighted by atomic mass is 9.84. The maximum absolute atomic E-state index is 6.43. The topological polar surface area (TPSA) is 64.9 Å². The molecule has 0 saturated heterocycles. The van der Waals surface area contributed by atoms with Gasteiger partial charge in [0.25, 0.3) is 0 Å². The fourth-order valence-electron chi connectivity index (χ4n) is 2.36. The molecule has 0 aromatic carbocycles. The Labute approximate surface area is 96.6 Å². The van der Waals surface area contributed by atoms with Crippen molar-refractivity contribution in [2.75, 3.05) is 0 Å². The van der Waals surface area contributed by atoms with E-state index in [0.717, 1.165) is 19.3 Å². The largest absolute Gasteiger partial charge is 0.339 e. The standard InChI is InChI=1S/C12H21N3O/c1-2-10-14-11(15-16-10)12(13)8-6-4-3-5-7-9-12/h2-9,13H2,1H3. The van der Waals surface area contributed by atoms with Gasteiger partial charge in [-0.15, -0.1) is 0 Å². The van der Waals surface area contributed by atoms with Crippen LogP contribution in [0, 0.1) is 0 Å². The van der Waals surface area contributed by atoms with E-state index in [1.54, 1.807) is 0 Å². The van der Waals surface area contributed by atoms with Crippen molar-refractivity contribution >= 4 is 0 Å². The molecule has 1 aliphatic rings. The van der Waals surface area contributed by atoms with Crippen LogP contribution in [-0.2, 0) is 12.0 Å². The van der Waals surface area contributed by atoms with Gasteiger partial charge in [0.15, 0.2) is 5.82 Å². The average molecular weight is 223 g/mol. The van der Waals surface area contributed by atoms with E-state index < -0.39 is 0 Å². The fraction of sp³-hybridized carbons (Fsp3) is 0.833. The number of hydrogen-bond acceptors (Lipinski definition) is 4. The van der Waals surface area contributed by atoms with E-state index in [4.69, 9.17) is 10.3 Å². The maximum atomic E-state index is 6.43. The smallest absolute Gasteiger partial charge is 0.226 e. The first-order valence-electron chi connectivity index (χ1n) is 6.36. The molecule has 4 nitrogen and oxygen atoms in total. The second-order valence-electron chi connectivity index (χ2n) is 4.79. The minimum absolute atomic E-state index is 0.350. The molecule has 0 unspecified atom stereocenters. The van der Waals surface area contributed by atoms with Crippen molar-refractivity contribution in [2.45, 2.75) is 63.8 Å². The summed E-state index contributed by atoms with van der Waals surface area (Å²) in [6, 6.07) is 0. The normalized spacial score (nSPS) is 21.4. The molecule has 1 aromatic heterocycles. The van der Waals surface area contributed by atoms with Gasteiger partial charge >= 0.3 is 0 Å². The molecule has 1 saturated carbocycles. The third kappa shape index (κ3) is 2.43. The highest BCUT2D eigenvalue weighted by Crippen LogP contribution is 2.31. The van der Waals surface area contributed by atoms with E-state index in [1.807, 2.05) is 6.92 Å². The summed E-state index contributed by atoms with van der Waals surface area (Å²) in [6.07, 6.45) is 8.98. The van der Waals surface area contributed by atoms with Crippen molar-refractivity contribution in [2.24, 2.45) is 5.73 Å². The van der Waals surface area contributed by atoms with Crippen LogP contribution in [0.3, 0.4) is 0 Å². The van der Waals surface area contributed by atoms with Gasteiger partial charge in [-0.3, -0.25) is 0 Å². The Balaban J connectivity index is 2.14. The molecule has 0 radical (unpaired) electrons. The quantitative estimate of drug-likeness (QED) is 0.836. The summed E-state index contributed by atoms with van der Waals surface area (Å²) in [5.41, 5.74) is 6.08. The SMILES string of the molecule is CCc1nc(C2(N)CCCCCCC2)no1. The first kappa shape index (κ1) is 11.6. The summed E-state index contributed by atoms with van der Waals surface area (Å²) in [6.45, 7) is 2.01. The van der Waals surface area contributed by atoms with Gasteiger partial charge in [0.2, 0.25) is 5.89 Å². The molecule has 0 spiro atoms. The van der Waals surface area contributed by atoms with Gasteiger partial charge < -0.3 is 10.3 Å². The molecule has 1 aromatic rings. The Kier molecular flexibility index (Phi) is 3.59. The predicted octanol–water partition coefficient (Wildman–Crippen LogP) is 2.53. The summed E-state index contributed by atoms with van der Waals surface area (Å²) < 4.78 is 5.16. The van der Waals surface area contributed by atoms with Crippen LogP contribution in [0.4, 0.5) is 0 Å². The second kappa shape index (κ2) is 4.95. The Morgan fingerprint density at radius 3 is 2.38 bits per heavy atom. The van der Waals surface area contributed by atoms with E-state index in [0.29, 0.717) is 11.7 Å². The van der Waals surface area contributed by atoms with Gasteiger partial charge in [0.05, 0.1) is 5.54 Å². The molecule has 1 aliphatic carbocycles. The molecule has 4 heteroatoms. The molecular formula is C12H21N3O. The van der Waals surface area contributed by atoms with E-state index in [2.05, 4.69) is 10.1 Å². The van der Waals surface area contributed by atoms with Crippen LogP contribution in [0.25, 0.3) is 0 Å². The average Bonchev–Trinajstić information content (AvgIpc) is 2.73. The Bertz CT molecular complexity index is 327. The zero-order chi connectivity index (χ0) is 11.4. The van der Waals surface area contributed by atoms with Crippen LogP contribution in [-0.4, -0.2) is 10.1 Å². The molecule has 90 valence electrons. The fourth-order valence-corrected chi connectivity index (χ4v) is 2.36. The summed E-state index contributed by atoms with van der Waals surface area (Å²) in [7, 11) is 0. The minimum Gasteiger partial charge on any atom is -0.339 e. The maximum Gasteiger partial charge on any atom is 0.226 e. The zero-order valence-electron chi connectivity index (χ0n) is 10.0. The number of hydrogen-bond donors (Lipinski definition) is 1. The summed E-state index contributed by atoms with van der Waals surface area (Å²) in [5, 5.41) is 4.04. The van der Waals surface area contributed by atoms with Gasteiger partial charge in [-0.2, -0.15) is 4.98 Å². The number of rotatable bonds is 2. The monoisotopic (exact) mass is 223 g/mol. The van der Waals surface area contributed by atoms with Crippen molar-refractivity contribution in [3.63, 3.8) is 0 Å². The highest BCUT2D eigenvalue weighted by molar-refractivity contribution is 5.04. The molecule has 1 heterocycles. The van der Waals surface area contributed by atoms with Gasteiger partial charge in [0, 0.05) is 6.42 Å². The highest BCUT2D eigenvalue weighted by atomic mass is 16.5. The van der Waals surface area contributed by atoms with Crippen molar-refractivity contribution in [3.05, 3.63) is 11.7 Å². The molecule has 0 aliphatic heterocycles. The van der Waals surface area contributed by atoms with Gasteiger partial charge in [0.1, 0.15) is 0 Å². The molecule has 0 bridgehead atoms. The third-order valence-electron chi connectivity index (χ3n) is 3.46. The number of aryl methyl sites for hydroxylation is 1. The van der Waals surface area contributed by atoms with Crippen molar-refractivity contribution < 1.29 is 4.52 Å². The van der Waals surface area contributed by atoms with Gasteiger partial charge in [-0.1, -0.05) is 44.2 Å². The summed E-state index contributed by atoms with van der Waals surface area (Å²) >= 11 is 0. The second-order valence-corrected chi connectivity index (χ2v) is 4.79. The summed E-state index contributed by atoms with van der Waals surface area (Å²) in [4.78, 5) is 4.39. The molecule has 0 atom stereocenters. The highest BCUT2D eigenvalue weighted by Gasteiger charge is 2.32. The molecule has 16 heavy (non-hydrogen) atoms. The Hall–Kier alpha value is -0.900. The van der Waals surface area contributed by atoms with Crippen LogP contribution in [0.1, 0.15) is 63.6 Å². The molecule has 0 amide bonds. The van der Waals surface area contributed by atoms with Crippen molar-refractivity contribution in [3.8, 4) is 0 Å². The molecular weight excluding hydrogens is 202 g/mol. The molecule has 2 rings (SSSR count).